The molecule has 3 aliphatic rings. The number of fused-ring (bicyclic) bond motifs is 5. The largest absolute Gasteiger partial charge is 0.497 e. The molecule has 0 saturated heterocycles. The van der Waals surface area contributed by atoms with E-state index in [1.54, 1.807) is 26.2 Å². The number of ketones is 1. The molecule has 4 atom stereocenters. The Labute approximate surface area is 176 Å². The average Bonchev–Trinajstić information content (AvgIpc) is 3.47. The lowest BCUT2D eigenvalue weighted by Gasteiger charge is -2.26. The van der Waals surface area contributed by atoms with Crippen LogP contribution < -0.4 is 4.74 Å². The summed E-state index contributed by atoms with van der Waals surface area (Å²) in [5, 5.41) is 0. The maximum Gasteiger partial charge on any atom is 0.338 e. The molecule has 2 bridgehead atoms. The third-order valence-electron chi connectivity index (χ3n) is 7.15. The number of benzene rings is 2. The molecular formula is C26H26O4. The highest BCUT2D eigenvalue weighted by molar-refractivity contribution is 6.33. The highest BCUT2D eigenvalue weighted by Gasteiger charge is 2.57. The van der Waals surface area contributed by atoms with E-state index < -0.39 is 0 Å². The number of ether oxygens (including phenoxy) is 2. The molecule has 5 rings (SSSR count). The first-order chi connectivity index (χ1) is 14.6. The van der Waals surface area contributed by atoms with Gasteiger partial charge in [-0.25, -0.2) is 4.79 Å². The molecule has 4 nitrogen and oxygen atoms in total. The van der Waals surface area contributed by atoms with Gasteiger partial charge in [-0.3, -0.25) is 4.79 Å². The lowest BCUT2D eigenvalue weighted by Crippen LogP contribution is -2.24. The summed E-state index contributed by atoms with van der Waals surface area (Å²) in [6.45, 7) is 2.14. The van der Waals surface area contributed by atoms with Crippen LogP contribution in [0.1, 0.15) is 47.7 Å². The van der Waals surface area contributed by atoms with Crippen LogP contribution in [-0.2, 0) is 9.53 Å². The second-order valence-electron chi connectivity index (χ2n) is 8.56. The van der Waals surface area contributed by atoms with Gasteiger partial charge in [-0.1, -0.05) is 24.3 Å². The molecule has 2 fully saturated rings. The van der Waals surface area contributed by atoms with E-state index in [0.29, 0.717) is 29.9 Å². The van der Waals surface area contributed by atoms with Gasteiger partial charge in [-0.05, 0) is 84.9 Å². The minimum atomic E-state index is -0.332. The molecule has 2 aromatic carbocycles. The van der Waals surface area contributed by atoms with Gasteiger partial charge in [0.25, 0.3) is 0 Å². The lowest BCUT2D eigenvalue weighted by atomic mass is 9.77. The Morgan fingerprint density at radius 3 is 2.20 bits per heavy atom. The fourth-order valence-electron chi connectivity index (χ4n) is 5.94. The molecule has 0 N–H and O–H groups in total. The highest BCUT2D eigenvalue weighted by atomic mass is 16.5. The Kier molecular flexibility index (Phi) is 4.73. The van der Waals surface area contributed by atoms with Crippen LogP contribution in [0.5, 0.6) is 5.75 Å². The predicted octanol–water partition coefficient (Wildman–Crippen LogP) is 5.03. The van der Waals surface area contributed by atoms with Gasteiger partial charge in [0, 0.05) is 11.5 Å². The van der Waals surface area contributed by atoms with Crippen molar-refractivity contribution in [2.45, 2.75) is 26.2 Å². The second kappa shape index (κ2) is 7.42. The third kappa shape index (κ3) is 2.89. The van der Waals surface area contributed by atoms with Gasteiger partial charge in [-0.15, -0.1) is 0 Å². The number of allylic oxidation sites excluding steroid dienone is 2. The summed E-state index contributed by atoms with van der Waals surface area (Å²) in [6.07, 6.45) is 3.56. The second-order valence-corrected chi connectivity index (χ2v) is 8.56. The zero-order valence-corrected chi connectivity index (χ0v) is 17.4. The molecule has 0 aliphatic heterocycles. The number of esters is 1. The van der Waals surface area contributed by atoms with Crippen LogP contribution in [0.2, 0.25) is 0 Å². The topological polar surface area (TPSA) is 52.6 Å². The molecule has 4 heteroatoms. The molecule has 0 heterocycles. The maximum absolute atomic E-state index is 13.6. The number of hydrogen-bond acceptors (Lipinski definition) is 4. The maximum atomic E-state index is 13.6. The standard InChI is InChI=1S/C26H26O4/c1-3-30-26(28)17-6-4-16(5-7-17)23-21(15-10-12-20(29-2)13-11-15)22-18-8-9-19(14-18)24(22)25(23)27/h4-7,10-13,18-19,22,24H,3,8-9,14H2,1-2H3/t18-,19+,22?,24?/m1/s1. The quantitative estimate of drug-likeness (QED) is 0.659. The van der Waals surface area contributed by atoms with Crippen molar-refractivity contribution < 1.29 is 19.1 Å². The lowest BCUT2D eigenvalue weighted by molar-refractivity contribution is -0.118. The molecule has 154 valence electrons. The van der Waals surface area contributed by atoms with E-state index in [1.807, 2.05) is 24.3 Å². The summed E-state index contributed by atoms with van der Waals surface area (Å²) in [4.78, 5) is 25.7. The molecule has 3 aliphatic carbocycles. The van der Waals surface area contributed by atoms with Crippen LogP contribution in [0.3, 0.4) is 0 Å². The van der Waals surface area contributed by atoms with Crippen molar-refractivity contribution in [3.05, 3.63) is 65.2 Å². The van der Waals surface area contributed by atoms with E-state index in [4.69, 9.17) is 9.47 Å². The number of hydrogen-bond donors (Lipinski definition) is 0. The third-order valence-corrected chi connectivity index (χ3v) is 7.15. The van der Waals surface area contributed by atoms with Crippen LogP contribution >= 0.6 is 0 Å². The molecule has 2 aromatic rings. The van der Waals surface area contributed by atoms with Crippen LogP contribution in [0.4, 0.5) is 0 Å². The van der Waals surface area contributed by atoms with Crippen molar-refractivity contribution in [1.29, 1.82) is 0 Å². The number of methoxy groups -OCH3 is 1. The predicted molar refractivity (Wildman–Crippen MR) is 115 cm³/mol. The summed E-state index contributed by atoms with van der Waals surface area (Å²) in [6, 6.07) is 15.4. The van der Waals surface area contributed by atoms with Crippen molar-refractivity contribution in [2.24, 2.45) is 23.7 Å². The van der Waals surface area contributed by atoms with Gasteiger partial charge in [0.2, 0.25) is 0 Å². The number of carbonyl (C=O) groups excluding carboxylic acids is 2. The van der Waals surface area contributed by atoms with Crippen molar-refractivity contribution in [2.75, 3.05) is 13.7 Å². The fraction of sp³-hybridized carbons (Fsp3) is 0.385. The Bertz CT molecular complexity index is 1020. The van der Waals surface area contributed by atoms with E-state index in [-0.39, 0.29) is 17.7 Å². The minimum absolute atomic E-state index is 0.112. The van der Waals surface area contributed by atoms with Gasteiger partial charge in [0.1, 0.15) is 5.75 Å². The average molecular weight is 402 g/mol. The van der Waals surface area contributed by atoms with Crippen LogP contribution in [0.25, 0.3) is 11.1 Å². The van der Waals surface area contributed by atoms with Crippen molar-refractivity contribution in [3.63, 3.8) is 0 Å². The minimum Gasteiger partial charge on any atom is -0.497 e. The summed E-state index contributed by atoms with van der Waals surface area (Å²) < 4.78 is 10.4. The molecule has 2 unspecified atom stereocenters. The fourth-order valence-corrected chi connectivity index (χ4v) is 5.94. The number of Topliss-reactive ketones (excluding diaryl/α,β-unsaturated/α-hetero) is 1. The highest BCUT2D eigenvalue weighted by Crippen LogP contribution is 2.62. The van der Waals surface area contributed by atoms with Crippen LogP contribution in [0, 0.1) is 23.7 Å². The van der Waals surface area contributed by atoms with Gasteiger partial charge in [0.15, 0.2) is 5.78 Å². The van der Waals surface area contributed by atoms with E-state index >= 15 is 0 Å². The molecule has 0 amide bonds. The van der Waals surface area contributed by atoms with Crippen LogP contribution in [-0.4, -0.2) is 25.5 Å². The Morgan fingerprint density at radius 2 is 1.57 bits per heavy atom. The van der Waals surface area contributed by atoms with E-state index in [1.165, 1.54) is 24.8 Å². The summed E-state index contributed by atoms with van der Waals surface area (Å²) in [5.41, 5.74) is 4.53. The van der Waals surface area contributed by atoms with E-state index in [0.717, 1.165) is 22.4 Å². The van der Waals surface area contributed by atoms with E-state index in [9.17, 15) is 9.59 Å². The van der Waals surface area contributed by atoms with Gasteiger partial charge < -0.3 is 9.47 Å². The molecular weight excluding hydrogens is 376 g/mol. The molecule has 0 aromatic heterocycles. The van der Waals surface area contributed by atoms with Gasteiger partial charge >= 0.3 is 5.97 Å². The van der Waals surface area contributed by atoms with Crippen molar-refractivity contribution >= 4 is 22.9 Å². The Balaban J connectivity index is 1.60. The molecule has 0 spiro atoms. The number of carbonyl (C=O) groups is 2. The normalized spacial score (nSPS) is 26.8. The zero-order chi connectivity index (χ0) is 20.8. The molecule has 2 saturated carbocycles. The Morgan fingerprint density at radius 1 is 0.933 bits per heavy atom. The number of rotatable bonds is 5. The zero-order valence-electron chi connectivity index (χ0n) is 17.4. The van der Waals surface area contributed by atoms with Gasteiger partial charge in [-0.2, -0.15) is 0 Å². The first-order valence-electron chi connectivity index (χ1n) is 10.8. The molecule has 0 radical (unpaired) electrons. The van der Waals surface area contributed by atoms with E-state index in [2.05, 4.69) is 12.1 Å². The first-order valence-corrected chi connectivity index (χ1v) is 10.8. The van der Waals surface area contributed by atoms with Crippen LogP contribution in [0.15, 0.2) is 48.5 Å². The summed E-state index contributed by atoms with van der Waals surface area (Å²) >= 11 is 0. The summed E-state index contributed by atoms with van der Waals surface area (Å²) in [5.74, 6) is 2.29. The SMILES string of the molecule is CCOC(=O)c1ccc(C2=C(c3ccc(OC)cc3)C3C(C2=O)[C@H]2CC[C@@H]3C2)cc1. The molecule has 30 heavy (non-hydrogen) atoms. The van der Waals surface area contributed by atoms with Crippen molar-refractivity contribution in [3.8, 4) is 5.75 Å². The summed E-state index contributed by atoms with van der Waals surface area (Å²) in [7, 11) is 1.66. The first kappa shape index (κ1) is 19.1. The smallest absolute Gasteiger partial charge is 0.338 e. The van der Waals surface area contributed by atoms with Crippen molar-refractivity contribution in [1.82, 2.24) is 0 Å². The van der Waals surface area contributed by atoms with Gasteiger partial charge in [0.05, 0.1) is 19.3 Å². The Hall–Kier alpha value is -2.88. The monoisotopic (exact) mass is 402 g/mol.